The topological polar surface area (TPSA) is 72.0 Å². The molecule has 0 saturated carbocycles. The standard InChI is InChI=1S/C15H12ClN3O2S/c16-12-5-1-4-8-15(12)22(20,21)18-10-11-9-17-13-6-2-3-7-14(13)19-11/h1-9,18H,10H2. The molecule has 112 valence electrons. The van der Waals surface area contributed by atoms with Crippen molar-refractivity contribution in [2.75, 3.05) is 0 Å². The van der Waals surface area contributed by atoms with E-state index in [1.807, 2.05) is 24.3 Å². The largest absolute Gasteiger partial charge is 0.253 e. The van der Waals surface area contributed by atoms with E-state index in [4.69, 9.17) is 11.6 Å². The van der Waals surface area contributed by atoms with Gasteiger partial charge in [0.25, 0.3) is 0 Å². The van der Waals surface area contributed by atoms with E-state index in [1.54, 1.807) is 18.3 Å². The van der Waals surface area contributed by atoms with Gasteiger partial charge in [-0.05, 0) is 24.3 Å². The van der Waals surface area contributed by atoms with Crippen LogP contribution in [0.5, 0.6) is 0 Å². The van der Waals surface area contributed by atoms with E-state index < -0.39 is 10.0 Å². The van der Waals surface area contributed by atoms with Crippen LogP contribution in [0.15, 0.2) is 59.6 Å². The Morgan fingerprint density at radius 3 is 2.45 bits per heavy atom. The fraction of sp³-hybridized carbons (Fsp3) is 0.0667. The third-order valence-electron chi connectivity index (χ3n) is 3.07. The number of halogens is 1. The van der Waals surface area contributed by atoms with E-state index >= 15 is 0 Å². The van der Waals surface area contributed by atoms with Gasteiger partial charge < -0.3 is 0 Å². The van der Waals surface area contributed by atoms with Crippen molar-refractivity contribution in [1.29, 1.82) is 0 Å². The number of fused-ring (bicyclic) bond motifs is 1. The Bertz CT molecular complexity index is 929. The SMILES string of the molecule is O=S(=O)(NCc1cnc2ccccc2n1)c1ccccc1Cl. The van der Waals surface area contributed by atoms with Crippen molar-refractivity contribution in [2.24, 2.45) is 0 Å². The molecular weight excluding hydrogens is 322 g/mol. The minimum Gasteiger partial charge on any atom is -0.253 e. The molecule has 0 aliphatic rings. The van der Waals surface area contributed by atoms with E-state index in [0.717, 1.165) is 11.0 Å². The molecule has 7 heteroatoms. The summed E-state index contributed by atoms with van der Waals surface area (Å²) in [5.74, 6) is 0. The maximum Gasteiger partial charge on any atom is 0.242 e. The van der Waals surface area contributed by atoms with Gasteiger partial charge in [0.05, 0.1) is 34.5 Å². The van der Waals surface area contributed by atoms with Gasteiger partial charge >= 0.3 is 0 Å². The van der Waals surface area contributed by atoms with E-state index in [2.05, 4.69) is 14.7 Å². The molecular formula is C15H12ClN3O2S. The van der Waals surface area contributed by atoms with Crippen molar-refractivity contribution in [3.63, 3.8) is 0 Å². The molecule has 0 unspecified atom stereocenters. The van der Waals surface area contributed by atoms with E-state index in [0.29, 0.717) is 5.69 Å². The Morgan fingerprint density at radius 2 is 1.68 bits per heavy atom. The molecule has 0 amide bonds. The maximum atomic E-state index is 12.2. The number of rotatable bonds is 4. The zero-order valence-corrected chi connectivity index (χ0v) is 13.0. The molecule has 1 aromatic heterocycles. The molecule has 0 saturated heterocycles. The Labute approximate surface area is 133 Å². The first-order valence-corrected chi connectivity index (χ1v) is 8.37. The third-order valence-corrected chi connectivity index (χ3v) is 4.97. The number of aromatic nitrogens is 2. The number of para-hydroxylation sites is 2. The molecule has 3 rings (SSSR count). The number of nitrogens with zero attached hydrogens (tertiary/aromatic N) is 2. The quantitative estimate of drug-likeness (QED) is 0.797. The van der Waals surface area contributed by atoms with Crippen LogP contribution in [0.4, 0.5) is 0 Å². The van der Waals surface area contributed by atoms with Crippen LogP contribution in [0.2, 0.25) is 5.02 Å². The van der Waals surface area contributed by atoms with Crippen molar-refractivity contribution in [1.82, 2.24) is 14.7 Å². The minimum absolute atomic E-state index is 0.0467. The Kier molecular flexibility index (Phi) is 4.06. The van der Waals surface area contributed by atoms with Gasteiger partial charge in [-0.15, -0.1) is 0 Å². The predicted octanol–water partition coefficient (Wildman–Crippen LogP) is 2.76. The zero-order valence-electron chi connectivity index (χ0n) is 11.4. The van der Waals surface area contributed by atoms with Gasteiger partial charge in [-0.3, -0.25) is 4.98 Å². The number of sulfonamides is 1. The van der Waals surface area contributed by atoms with Gasteiger partial charge in [0.2, 0.25) is 10.0 Å². The number of hydrogen-bond donors (Lipinski definition) is 1. The van der Waals surface area contributed by atoms with Crippen molar-refractivity contribution in [2.45, 2.75) is 11.4 Å². The lowest BCUT2D eigenvalue weighted by Gasteiger charge is -2.08. The molecule has 0 aliphatic heterocycles. The molecule has 0 fully saturated rings. The highest BCUT2D eigenvalue weighted by atomic mass is 35.5. The normalized spacial score (nSPS) is 11.7. The Morgan fingerprint density at radius 1 is 1.00 bits per heavy atom. The summed E-state index contributed by atoms with van der Waals surface area (Å²) in [4.78, 5) is 8.67. The zero-order chi connectivity index (χ0) is 15.6. The van der Waals surface area contributed by atoms with Gasteiger partial charge in [-0.25, -0.2) is 18.1 Å². The molecule has 1 heterocycles. The van der Waals surface area contributed by atoms with Crippen molar-refractivity contribution in [3.05, 3.63) is 65.4 Å². The summed E-state index contributed by atoms with van der Waals surface area (Å²) >= 11 is 5.92. The number of nitrogens with one attached hydrogen (secondary N) is 1. The van der Waals surface area contributed by atoms with Crippen LogP contribution >= 0.6 is 11.6 Å². The summed E-state index contributed by atoms with van der Waals surface area (Å²) in [7, 11) is -3.69. The summed E-state index contributed by atoms with van der Waals surface area (Å²) in [6.07, 6.45) is 1.55. The molecule has 0 atom stereocenters. The van der Waals surface area contributed by atoms with Crippen LogP contribution in [-0.2, 0) is 16.6 Å². The molecule has 0 bridgehead atoms. The average molecular weight is 334 g/mol. The van der Waals surface area contributed by atoms with Crippen molar-refractivity contribution < 1.29 is 8.42 Å². The van der Waals surface area contributed by atoms with Crippen LogP contribution in [-0.4, -0.2) is 18.4 Å². The van der Waals surface area contributed by atoms with Crippen LogP contribution in [0.3, 0.4) is 0 Å². The average Bonchev–Trinajstić information content (AvgIpc) is 2.53. The van der Waals surface area contributed by atoms with Gasteiger partial charge in [0, 0.05) is 0 Å². The highest BCUT2D eigenvalue weighted by Crippen LogP contribution is 2.20. The molecule has 0 spiro atoms. The van der Waals surface area contributed by atoms with Crippen molar-refractivity contribution in [3.8, 4) is 0 Å². The molecule has 0 aliphatic carbocycles. The summed E-state index contributed by atoms with van der Waals surface area (Å²) in [6.45, 7) is 0.0470. The second-order valence-electron chi connectivity index (χ2n) is 4.61. The van der Waals surface area contributed by atoms with Crippen LogP contribution in [0.1, 0.15) is 5.69 Å². The van der Waals surface area contributed by atoms with Gasteiger partial charge in [-0.2, -0.15) is 0 Å². The fourth-order valence-electron chi connectivity index (χ4n) is 1.99. The number of benzene rings is 2. The maximum absolute atomic E-state index is 12.2. The highest BCUT2D eigenvalue weighted by molar-refractivity contribution is 7.89. The highest BCUT2D eigenvalue weighted by Gasteiger charge is 2.17. The summed E-state index contributed by atoms with van der Waals surface area (Å²) in [6, 6.07) is 13.7. The number of hydrogen-bond acceptors (Lipinski definition) is 4. The molecule has 1 N–H and O–H groups in total. The Balaban J connectivity index is 1.83. The predicted molar refractivity (Wildman–Crippen MR) is 85.0 cm³/mol. The molecule has 22 heavy (non-hydrogen) atoms. The molecule has 5 nitrogen and oxygen atoms in total. The second kappa shape index (κ2) is 6.00. The Hall–Kier alpha value is -2.02. The monoisotopic (exact) mass is 333 g/mol. The minimum atomic E-state index is -3.69. The lowest BCUT2D eigenvalue weighted by Crippen LogP contribution is -2.24. The molecule has 3 aromatic rings. The van der Waals surface area contributed by atoms with E-state index in [-0.39, 0.29) is 16.5 Å². The van der Waals surface area contributed by atoms with Gasteiger partial charge in [0.15, 0.2) is 0 Å². The van der Waals surface area contributed by atoms with Crippen LogP contribution < -0.4 is 4.72 Å². The van der Waals surface area contributed by atoms with E-state index in [1.165, 1.54) is 12.1 Å². The molecule has 0 radical (unpaired) electrons. The summed E-state index contributed by atoms with van der Waals surface area (Å²) < 4.78 is 27.0. The lowest BCUT2D eigenvalue weighted by molar-refractivity contribution is 0.580. The van der Waals surface area contributed by atoms with Crippen LogP contribution in [0, 0.1) is 0 Å². The molecule has 2 aromatic carbocycles. The lowest BCUT2D eigenvalue weighted by atomic mass is 10.3. The first kappa shape index (κ1) is 14.9. The fourth-order valence-corrected chi connectivity index (χ4v) is 3.51. The van der Waals surface area contributed by atoms with E-state index in [9.17, 15) is 8.42 Å². The van der Waals surface area contributed by atoms with Gasteiger partial charge in [-0.1, -0.05) is 35.9 Å². The smallest absolute Gasteiger partial charge is 0.242 e. The van der Waals surface area contributed by atoms with Crippen molar-refractivity contribution >= 4 is 32.7 Å². The van der Waals surface area contributed by atoms with Gasteiger partial charge in [0.1, 0.15) is 4.90 Å². The first-order valence-electron chi connectivity index (χ1n) is 6.51. The summed E-state index contributed by atoms with van der Waals surface area (Å²) in [5.41, 5.74) is 2.02. The third kappa shape index (κ3) is 3.09. The second-order valence-corrected chi connectivity index (χ2v) is 6.75. The van der Waals surface area contributed by atoms with Crippen LogP contribution in [0.25, 0.3) is 11.0 Å². The first-order chi connectivity index (χ1) is 10.6. The summed E-state index contributed by atoms with van der Waals surface area (Å²) in [5, 5.41) is 0.180.